The highest BCUT2D eigenvalue weighted by Gasteiger charge is 2.32. The first-order valence-electron chi connectivity index (χ1n) is 2.76. The van der Waals surface area contributed by atoms with E-state index in [4.69, 9.17) is 15.9 Å². The van der Waals surface area contributed by atoms with Gasteiger partial charge in [-0.2, -0.15) is 0 Å². The molecule has 0 fully saturated rings. The summed E-state index contributed by atoms with van der Waals surface area (Å²) in [7, 11) is 0. The molecule has 0 rings (SSSR count). The van der Waals surface area contributed by atoms with Gasteiger partial charge >= 0.3 is 5.97 Å². The molecule has 0 heterocycles. The minimum absolute atomic E-state index is 0.362. The number of halogens is 1. The van der Waals surface area contributed by atoms with Gasteiger partial charge in [-0.25, -0.2) is 0 Å². The standard InChI is InChI=1S/C5H10FNO3/c6-2-1-5(7,3-8)4(9)10/h8H,1-3,7H2,(H,9,10)/t5-/m1/s1. The van der Waals surface area contributed by atoms with Crippen molar-refractivity contribution in [2.24, 2.45) is 5.73 Å². The first-order chi connectivity index (χ1) is 4.56. The van der Waals surface area contributed by atoms with Crippen molar-refractivity contribution < 1.29 is 19.4 Å². The van der Waals surface area contributed by atoms with Crippen LogP contribution in [0.3, 0.4) is 0 Å². The van der Waals surface area contributed by atoms with Crippen LogP contribution in [0, 0.1) is 0 Å². The quantitative estimate of drug-likeness (QED) is 0.487. The molecule has 0 aromatic carbocycles. The fourth-order valence-electron chi connectivity index (χ4n) is 0.422. The third kappa shape index (κ3) is 1.93. The maximum atomic E-state index is 11.6. The van der Waals surface area contributed by atoms with Crippen molar-refractivity contribution in [2.75, 3.05) is 13.3 Å². The lowest BCUT2D eigenvalue weighted by Crippen LogP contribution is -2.51. The summed E-state index contributed by atoms with van der Waals surface area (Å²) >= 11 is 0. The highest BCUT2D eigenvalue weighted by atomic mass is 19.1. The summed E-state index contributed by atoms with van der Waals surface area (Å²) in [6.45, 7) is -1.59. The summed E-state index contributed by atoms with van der Waals surface area (Å²) in [6.07, 6.45) is -0.362. The van der Waals surface area contributed by atoms with E-state index in [-0.39, 0.29) is 6.42 Å². The van der Waals surface area contributed by atoms with Crippen LogP contribution in [0.2, 0.25) is 0 Å². The molecular formula is C5H10FNO3. The van der Waals surface area contributed by atoms with Crippen LogP contribution in [-0.4, -0.2) is 35.0 Å². The molecule has 0 aromatic rings. The third-order valence-corrected chi connectivity index (χ3v) is 1.25. The van der Waals surface area contributed by atoms with Gasteiger partial charge in [-0.05, 0) is 0 Å². The number of hydrogen-bond acceptors (Lipinski definition) is 3. The maximum absolute atomic E-state index is 11.6. The molecule has 0 spiro atoms. The Bertz CT molecular complexity index is 130. The molecule has 0 amide bonds. The van der Waals surface area contributed by atoms with Gasteiger partial charge in [0.2, 0.25) is 0 Å². The summed E-state index contributed by atoms with van der Waals surface area (Å²) in [5.41, 5.74) is 3.25. The van der Waals surface area contributed by atoms with Crippen molar-refractivity contribution in [2.45, 2.75) is 12.0 Å². The molecule has 0 aliphatic rings. The highest BCUT2D eigenvalue weighted by molar-refractivity contribution is 5.78. The van der Waals surface area contributed by atoms with Gasteiger partial charge < -0.3 is 15.9 Å². The zero-order chi connectivity index (χ0) is 8.20. The summed E-state index contributed by atoms with van der Waals surface area (Å²) < 4.78 is 11.6. The van der Waals surface area contributed by atoms with Crippen LogP contribution in [0.1, 0.15) is 6.42 Å². The second-order valence-corrected chi connectivity index (χ2v) is 2.06. The number of carboxylic acids is 1. The van der Waals surface area contributed by atoms with E-state index in [2.05, 4.69) is 0 Å². The van der Waals surface area contributed by atoms with E-state index < -0.39 is 24.8 Å². The van der Waals surface area contributed by atoms with Crippen molar-refractivity contribution in [3.8, 4) is 0 Å². The monoisotopic (exact) mass is 151 g/mol. The van der Waals surface area contributed by atoms with Crippen molar-refractivity contribution in [1.82, 2.24) is 0 Å². The van der Waals surface area contributed by atoms with Gasteiger partial charge in [0, 0.05) is 6.42 Å². The summed E-state index contributed by atoms with van der Waals surface area (Å²) in [5, 5.41) is 16.7. The Labute approximate surface area is 57.5 Å². The Morgan fingerprint density at radius 3 is 2.30 bits per heavy atom. The molecule has 1 atom stereocenters. The molecule has 4 N–H and O–H groups in total. The first kappa shape index (κ1) is 9.32. The Hall–Kier alpha value is -0.680. The molecule has 4 nitrogen and oxygen atoms in total. The van der Waals surface area contributed by atoms with Gasteiger partial charge in [-0.15, -0.1) is 0 Å². The predicted molar refractivity (Wildman–Crippen MR) is 32.2 cm³/mol. The van der Waals surface area contributed by atoms with Gasteiger partial charge in [0.1, 0.15) is 5.54 Å². The average molecular weight is 151 g/mol. The zero-order valence-corrected chi connectivity index (χ0v) is 5.38. The van der Waals surface area contributed by atoms with Crippen LogP contribution in [0.5, 0.6) is 0 Å². The summed E-state index contributed by atoms with van der Waals surface area (Å²) in [4.78, 5) is 10.2. The van der Waals surface area contributed by atoms with E-state index in [1.807, 2.05) is 0 Å². The maximum Gasteiger partial charge on any atom is 0.326 e. The van der Waals surface area contributed by atoms with Gasteiger partial charge in [-0.1, -0.05) is 0 Å². The van der Waals surface area contributed by atoms with Crippen LogP contribution in [0.4, 0.5) is 4.39 Å². The second-order valence-electron chi connectivity index (χ2n) is 2.06. The number of carboxylic acid groups (broad SMARTS) is 1. The van der Waals surface area contributed by atoms with Gasteiger partial charge in [-0.3, -0.25) is 9.18 Å². The second kappa shape index (κ2) is 3.48. The number of aliphatic carboxylic acids is 1. The van der Waals surface area contributed by atoms with Crippen molar-refractivity contribution in [1.29, 1.82) is 0 Å². The number of aliphatic hydroxyl groups excluding tert-OH is 1. The Balaban J connectivity index is 4.08. The van der Waals surface area contributed by atoms with Gasteiger partial charge in [0.05, 0.1) is 13.3 Å². The molecule has 0 radical (unpaired) electrons. The molecule has 0 aliphatic heterocycles. The van der Waals surface area contributed by atoms with Crippen LogP contribution >= 0.6 is 0 Å². The number of nitrogens with two attached hydrogens (primary N) is 1. The molecule has 0 aromatic heterocycles. The van der Waals surface area contributed by atoms with Crippen LogP contribution in [-0.2, 0) is 4.79 Å². The molecule has 60 valence electrons. The van der Waals surface area contributed by atoms with Crippen molar-refractivity contribution in [3.05, 3.63) is 0 Å². The summed E-state index contributed by atoms with van der Waals surface area (Å²) in [5.74, 6) is -1.38. The van der Waals surface area contributed by atoms with Gasteiger partial charge in [0.15, 0.2) is 0 Å². The number of rotatable bonds is 4. The Morgan fingerprint density at radius 1 is 1.70 bits per heavy atom. The highest BCUT2D eigenvalue weighted by Crippen LogP contribution is 2.05. The molecule has 0 aliphatic carbocycles. The lowest BCUT2D eigenvalue weighted by molar-refractivity contribution is -0.145. The van der Waals surface area contributed by atoms with E-state index in [9.17, 15) is 9.18 Å². The number of hydrogen-bond donors (Lipinski definition) is 3. The average Bonchev–Trinajstić information content (AvgIpc) is 1.88. The minimum Gasteiger partial charge on any atom is -0.480 e. The minimum atomic E-state index is -1.81. The van der Waals surface area contributed by atoms with Crippen LogP contribution in [0.15, 0.2) is 0 Å². The number of alkyl halides is 1. The molecule has 0 unspecified atom stereocenters. The van der Waals surface area contributed by atoms with Gasteiger partial charge in [0.25, 0.3) is 0 Å². The normalized spacial score (nSPS) is 16.3. The fourth-order valence-corrected chi connectivity index (χ4v) is 0.422. The molecule has 0 saturated heterocycles. The van der Waals surface area contributed by atoms with Crippen LogP contribution < -0.4 is 5.73 Å². The lowest BCUT2D eigenvalue weighted by Gasteiger charge is -2.19. The van der Waals surface area contributed by atoms with E-state index in [1.165, 1.54) is 0 Å². The van der Waals surface area contributed by atoms with E-state index in [1.54, 1.807) is 0 Å². The van der Waals surface area contributed by atoms with Crippen LogP contribution in [0.25, 0.3) is 0 Å². The van der Waals surface area contributed by atoms with Crippen molar-refractivity contribution in [3.63, 3.8) is 0 Å². The molecule has 0 saturated carbocycles. The number of aliphatic hydroxyl groups is 1. The zero-order valence-electron chi connectivity index (χ0n) is 5.38. The SMILES string of the molecule is N[C@@](CO)(CCF)C(=O)O. The fraction of sp³-hybridized carbons (Fsp3) is 0.800. The first-order valence-corrected chi connectivity index (χ1v) is 2.76. The third-order valence-electron chi connectivity index (χ3n) is 1.25. The molecule has 10 heavy (non-hydrogen) atoms. The summed E-state index contributed by atoms with van der Waals surface area (Å²) in [6, 6.07) is 0. The lowest BCUT2D eigenvalue weighted by atomic mass is 9.99. The number of carbonyl (C=O) groups is 1. The smallest absolute Gasteiger partial charge is 0.326 e. The van der Waals surface area contributed by atoms with Crippen molar-refractivity contribution >= 4 is 5.97 Å². The topological polar surface area (TPSA) is 83.5 Å². The van der Waals surface area contributed by atoms with E-state index >= 15 is 0 Å². The predicted octanol–water partition coefficient (Wildman–Crippen LogP) is -0.880. The molecule has 0 bridgehead atoms. The van der Waals surface area contributed by atoms with E-state index in [0.717, 1.165) is 0 Å². The Morgan fingerprint density at radius 2 is 2.20 bits per heavy atom. The molecular weight excluding hydrogens is 141 g/mol. The molecule has 5 heteroatoms. The Kier molecular flexibility index (Phi) is 3.24. The largest absolute Gasteiger partial charge is 0.480 e. The van der Waals surface area contributed by atoms with E-state index in [0.29, 0.717) is 0 Å².